The lowest BCUT2D eigenvalue weighted by molar-refractivity contribution is -0.147. The fourth-order valence-corrected chi connectivity index (χ4v) is 5.52. The van der Waals surface area contributed by atoms with Crippen molar-refractivity contribution in [3.05, 3.63) is 0 Å². The summed E-state index contributed by atoms with van der Waals surface area (Å²) in [6.07, 6.45) is 10.1. The minimum Gasteiger partial charge on any atom is -0.342 e. The average Bonchev–Trinajstić information content (AvgIpc) is 3.24. The topological polar surface area (TPSA) is 35.6 Å². The minimum atomic E-state index is -0.0429. The number of fused-ring (bicyclic) bond motifs is 1. The van der Waals surface area contributed by atoms with Crippen LogP contribution in [0.5, 0.6) is 0 Å². The molecule has 4 nitrogen and oxygen atoms in total. The Kier molecular flexibility index (Phi) is 4.16. The van der Waals surface area contributed by atoms with Crippen LogP contribution in [0.3, 0.4) is 0 Å². The first-order valence-corrected chi connectivity index (χ1v) is 9.54. The van der Waals surface area contributed by atoms with E-state index in [-0.39, 0.29) is 5.41 Å². The molecule has 4 fully saturated rings. The monoisotopic (exact) mass is 305 g/mol. The van der Waals surface area contributed by atoms with E-state index < -0.39 is 0 Å². The molecule has 0 aromatic heterocycles. The fourth-order valence-electron chi connectivity index (χ4n) is 5.52. The standard InChI is InChI=1S/C18H31N3O/c22-17(18-8-2-1-5-15(18)13-19-14-18)21-11-6-16(7-12-21)20-9-3-4-10-20/h15-16,19H,1-14H2/t15-,18+/m0/s1. The molecular formula is C18H31N3O. The molecule has 124 valence electrons. The lowest BCUT2D eigenvalue weighted by Gasteiger charge is -2.44. The molecule has 4 aliphatic rings. The van der Waals surface area contributed by atoms with Crippen molar-refractivity contribution in [2.24, 2.45) is 11.3 Å². The number of hydrogen-bond acceptors (Lipinski definition) is 3. The second-order valence-corrected chi connectivity index (χ2v) is 8.00. The number of carbonyl (C=O) groups excluding carboxylic acids is 1. The van der Waals surface area contributed by atoms with Gasteiger partial charge in [0.05, 0.1) is 5.41 Å². The van der Waals surface area contributed by atoms with E-state index in [1.54, 1.807) is 0 Å². The van der Waals surface area contributed by atoms with Gasteiger partial charge in [-0.25, -0.2) is 0 Å². The number of nitrogens with one attached hydrogen (secondary N) is 1. The van der Waals surface area contributed by atoms with Crippen molar-refractivity contribution in [1.29, 1.82) is 0 Å². The Hall–Kier alpha value is -0.610. The van der Waals surface area contributed by atoms with E-state index in [2.05, 4.69) is 15.1 Å². The molecule has 4 rings (SSSR count). The van der Waals surface area contributed by atoms with Gasteiger partial charge < -0.3 is 15.1 Å². The summed E-state index contributed by atoms with van der Waals surface area (Å²) < 4.78 is 0. The Labute approximate surface area is 134 Å². The summed E-state index contributed by atoms with van der Waals surface area (Å²) in [7, 11) is 0. The summed E-state index contributed by atoms with van der Waals surface area (Å²) in [5, 5.41) is 3.52. The molecule has 1 N–H and O–H groups in total. The van der Waals surface area contributed by atoms with Crippen molar-refractivity contribution < 1.29 is 4.79 Å². The van der Waals surface area contributed by atoms with Gasteiger partial charge in [-0.15, -0.1) is 0 Å². The zero-order chi connectivity index (χ0) is 15.0. The van der Waals surface area contributed by atoms with Crippen molar-refractivity contribution in [3.63, 3.8) is 0 Å². The van der Waals surface area contributed by atoms with Crippen LogP contribution in [-0.4, -0.2) is 61.0 Å². The molecule has 22 heavy (non-hydrogen) atoms. The number of hydrogen-bond donors (Lipinski definition) is 1. The smallest absolute Gasteiger partial charge is 0.230 e. The fraction of sp³-hybridized carbons (Fsp3) is 0.944. The Morgan fingerprint density at radius 2 is 1.73 bits per heavy atom. The maximum atomic E-state index is 13.3. The van der Waals surface area contributed by atoms with Crippen LogP contribution >= 0.6 is 0 Å². The number of amides is 1. The molecule has 1 amide bonds. The third-order valence-corrected chi connectivity index (χ3v) is 6.87. The van der Waals surface area contributed by atoms with Crippen LogP contribution < -0.4 is 5.32 Å². The van der Waals surface area contributed by atoms with Gasteiger partial charge in [0, 0.05) is 25.7 Å². The highest BCUT2D eigenvalue weighted by molar-refractivity contribution is 5.84. The quantitative estimate of drug-likeness (QED) is 0.846. The third-order valence-electron chi connectivity index (χ3n) is 6.87. The Balaban J connectivity index is 1.39. The Bertz CT molecular complexity index is 413. The highest BCUT2D eigenvalue weighted by Crippen LogP contribution is 2.45. The van der Waals surface area contributed by atoms with Crippen LogP contribution in [0, 0.1) is 11.3 Å². The van der Waals surface area contributed by atoms with Crippen molar-refractivity contribution in [2.45, 2.75) is 57.4 Å². The zero-order valence-electron chi connectivity index (χ0n) is 13.9. The third kappa shape index (κ3) is 2.48. The molecule has 0 aromatic carbocycles. The van der Waals surface area contributed by atoms with Crippen molar-refractivity contribution in [1.82, 2.24) is 15.1 Å². The van der Waals surface area contributed by atoms with Gasteiger partial charge in [0.1, 0.15) is 0 Å². The molecule has 1 aliphatic carbocycles. The van der Waals surface area contributed by atoms with Gasteiger partial charge >= 0.3 is 0 Å². The van der Waals surface area contributed by atoms with Crippen molar-refractivity contribution in [3.8, 4) is 0 Å². The summed E-state index contributed by atoms with van der Waals surface area (Å²) in [6.45, 7) is 6.56. The van der Waals surface area contributed by atoms with Crippen LogP contribution in [-0.2, 0) is 4.79 Å². The van der Waals surface area contributed by atoms with E-state index in [4.69, 9.17) is 0 Å². The zero-order valence-corrected chi connectivity index (χ0v) is 13.9. The maximum absolute atomic E-state index is 13.3. The molecule has 0 radical (unpaired) electrons. The van der Waals surface area contributed by atoms with Crippen LogP contribution in [0.4, 0.5) is 0 Å². The van der Waals surface area contributed by atoms with Crippen LogP contribution in [0.15, 0.2) is 0 Å². The van der Waals surface area contributed by atoms with Gasteiger partial charge in [0.25, 0.3) is 0 Å². The maximum Gasteiger partial charge on any atom is 0.230 e. The Morgan fingerprint density at radius 3 is 2.50 bits per heavy atom. The molecule has 0 spiro atoms. The number of likely N-dealkylation sites (tertiary alicyclic amines) is 2. The van der Waals surface area contributed by atoms with Gasteiger partial charge in [0.2, 0.25) is 5.91 Å². The SMILES string of the molecule is O=C(N1CCC(N2CCCC2)CC1)[C@@]12CCCC[C@H]1CNC2. The summed E-state index contributed by atoms with van der Waals surface area (Å²) in [4.78, 5) is 18.1. The van der Waals surface area contributed by atoms with Crippen molar-refractivity contribution >= 4 is 5.91 Å². The largest absolute Gasteiger partial charge is 0.342 e. The number of nitrogens with zero attached hydrogens (tertiary/aromatic N) is 2. The summed E-state index contributed by atoms with van der Waals surface area (Å²) >= 11 is 0. The molecule has 0 bridgehead atoms. The van der Waals surface area contributed by atoms with Gasteiger partial charge in [-0.05, 0) is 64.1 Å². The first-order chi connectivity index (χ1) is 10.8. The van der Waals surface area contributed by atoms with Gasteiger partial charge in [-0.3, -0.25) is 4.79 Å². The highest BCUT2D eigenvalue weighted by Gasteiger charge is 2.51. The van der Waals surface area contributed by atoms with E-state index in [1.807, 2.05) is 0 Å². The average molecular weight is 305 g/mol. The molecule has 0 aromatic rings. The second kappa shape index (κ2) is 6.12. The predicted molar refractivity (Wildman–Crippen MR) is 87.7 cm³/mol. The van der Waals surface area contributed by atoms with E-state index >= 15 is 0 Å². The molecule has 1 saturated carbocycles. The second-order valence-electron chi connectivity index (χ2n) is 8.00. The summed E-state index contributed by atoms with van der Waals surface area (Å²) in [5.41, 5.74) is -0.0429. The number of rotatable bonds is 2. The van der Waals surface area contributed by atoms with Crippen LogP contribution in [0.25, 0.3) is 0 Å². The lowest BCUT2D eigenvalue weighted by atomic mass is 9.67. The molecule has 3 aliphatic heterocycles. The summed E-state index contributed by atoms with van der Waals surface area (Å²) in [6, 6.07) is 0.743. The van der Waals surface area contributed by atoms with Gasteiger partial charge in [-0.1, -0.05) is 12.8 Å². The molecule has 4 heteroatoms. The number of carbonyl (C=O) groups is 1. The lowest BCUT2D eigenvalue weighted by Crippen LogP contribution is -2.53. The highest BCUT2D eigenvalue weighted by atomic mass is 16.2. The summed E-state index contributed by atoms with van der Waals surface area (Å²) in [5.74, 6) is 1.09. The normalized spacial score (nSPS) is 37.5. The molecule has 3 saturated heterocycles. The first kappa shape index (κ1) is 14.9. The molecule has 0 unspecified atom stereocenters. The van der Waals surface area contributed by atoms with Gasteiger partial charge in [-0.2, -0.15) is 0 Å². The predicted octanol–water partition coefficient (Wildman–Crippen LogP) is 1.85. The van der Waals surface area contributed by atoms with Crippen LogP contribution in [0.1, 0.15) is 51.4 Å². The van der Waals surface area contributed by atoms with Crippen molar-refractivity contribution in [2.75, 3.05) is 39.3 Å². The number of piperidine rings is 1. The van der Waals surface area contributed by atoms with E-state index in [0.717, 1.165) is 38.6 Å². The molecule has 3 heterocycles. The molecular weight excluding hydrogens is 274 g/mol. The first-order valence-electron chi connectivity index (χ1n) is 9.54. The van der Waals surface area contributed by atoms with E-state index in [9.17, 15) is 4.79 Å². The van der Waals surface area contributed by atoms with E-state index in [0.29, 0.717) is 11.8 Å². The van der Waals surface area contributed by atoms with Gasteiger partial charge in [0.15, 0.2) is 0 Å². The van der Waals surface area contributed by atoms with Crippen LogP contribution in [0.2, 0.25) is 0 Å². The minimum absolute atomic E-state index is 0.0429. The van der Waals surface area contributed by atoms with E-state index in [1.165, 1.54) is 58.0 Å². The molecule has 2 atom stereocenters. The Morgan fingerprint density at radius 1 is 0.955 bits per heavy atom.